The molecule has 1 spiro atoms. The van der Waals surface area contributed by atoms with Crippen molar-refractivity contribution in [2.75, 3.05) is 43.4 Å². The first-order valence-electron chi connectivity index (χ1n) is 13.2. The number of nitrogens with zero attached hydrogens (tertiary/aromatic N) is 5. The van der Waals surface area contributed by atoms with Crippen LogP contribution >= 0.6 is 0 Å². The van der Waals surface area contributed by atoms with Crippen LogP contribution in [0.2, 0.25) is 0 Å². The summed E-state index contributed by atoms with van der Waals surface area (Å²) in [5.74, 6) is 1.46. The number of likely N-dealkylation sites (N-methyl/N-ethyl adjacent to an activating group) is 1. The Morgan fingerprint density at radius 2 is 1.70 bits per heavy atom. The first kappa shape index (κ1) is 24.6. The van der Waals surface area contributed by atoms with Gasteiger partial charge in [-0.2, -0.15) is 9.29 Å². The fourth-order valence-electron chi connectivity index (χ4n) is 6.66. The van der Waals surface area contributed by atoms with Crippen LogP contribution in [0.25, 0.3) is 0 Å². The van der Waals surface area contributed by atoms with Gasteiger partial charge in [0, 0.05) is 50.0 Å². The maximum absolute atomic E-state index is 13.1. The van der Waals surface area contributed by atoms with Crippen LogP contribution < -0.4 is 15.5 Å². The Bertz CT molecular complexity index is 1300. The lowest BCUT2D eigenvalue weighted by Gasteiger charge is -2.55. The summed E-state index contributed by atoms with van der Waals surface area (Å²) < 4.78 is 27.7. The molecular formula is C26H35N7O3S. The van der Waals surface area contributed by atoms with Crippen LogP contribution in [0.4, 0.5) is 17.5 Å². The summed E-state index contributed by atoms with van der Waals surface area (Å²) in [6, 6.07) is 6.79. The normalized spacial score (nSPS) is 26.0. The van der Waals surface area contributed by atoms with Crippen molar-refractivity contribution < 1.29 is 13.2 Å². The standard InChI is InChI=1S/C26H35N7O3S/c1-25-16-19-18-27-24(29-23(19)33(25)26(17-22(34)30-25)10-4-3-5-11-26)28-20-6-8-21(9-7-20)37(35,36)32-14-12-31(2)13-15-32/h6-9,18H,3-5,10-17H2,1-2H3,(H,30,34)(H,27,28,29). The van der Waals surface area contributed by atoms with E-state index >= 15 is 0 Å². The zero-order valence-electron chi connectivity index (χ0n) is 21.5. The zero-order valence-corrected chi connectivity index (χ0v) is 22.4. The van der Waals surface area contributed by atoms with E-state index < -0.39 is 15.7 Å². The molecule has 1 aromatic carbocycles. The molecule has 2 aromatic rings. The molecule has 0 bridgehead atoms. The van der Waals surface area contributed by atoms with Crippen molar-refractivity contribution in [3.63, 3.8) is 0 Å². The fraction of sp³-hybridized carbons (Fsp3) is 0.577. The number of hydrogen-bond acceptors (Lipinski definition) is 8. The molecule has 3 fully saturated rings. The number of sulfonamides is 1. The van der Waals surface area contributed by atoms with Crippen molar-refractivity contribution in [1.29, 1.82) is 0 Å². The predicted molar refractivity (Wildman–Crippen MR) is 141 cm³/mol. The van der Waals surface area contributed by atoms with Crippen molar-refractivity contribution in [1.82, 2.24) is 24.5 Å². The minimum Gasteiger partial charge on any atom is -0.333 e. The SMILES string of the molecule is CN1CCN(S(=O)(=O)c2ccc(Nc3ncc4c(n3)N3C5(CCCCC5)CC(=O)NC3(C)C4)cc2)CC1. The van der Waals surface area contributed by atoms with E-state index in [0.717, 1.165) is 55.8 Å². The smallest absolute Gasteiger partial charge is 0.243 e. The number of nitrogens with one attached hydrogen (secondary N) is 2. The summed E-state index contributed by atoms with van der Waals surface area (Å²) in [6.45, 7) is 4.55. The first-order valence-corrected chi connectivity index (χ1v) is 14.7. The second kappa shape index (κ2) is 8.92. The van der Waals surface area contributed by atoms with E-state index in [1.165, 1.54) is 6.42 Å². The van der Waals surface area contributed by atoms with Gasteiger partial charge in [-0.05, 0) is 51.1 Å². The Kier molecular flexibility index (Phi) is 5.92. The summed E-state index contributed by atoms with van der Waals surface area (Å²) in [6.07, 6.45) is 8.45. The minimum absolute atomic E-state index is 0.117. The predicted octanol–water partition coefficient (Wildman–Crippen LogP) is 2.46. The van der Waals surface area contributed by atoms with Gasteiger partial charge in [0.2, 0.25) is 21.9 Å². The van der Waals surface area contributed by atoms with Crippen LogP contribution in [0.5, 0.6) is 0 Å². The third-order valence-corrected chi connectivity index (χ3v) is 10.4. The number of hydrogen-bond donors (Lipinski definition) is 2. The van der Waals surface area contributed by atoms with Gasteiger partial charge in [-0.15, -0.1) is 0 Å². The van der Waals surface area contributed by atoms with Gasteiger partial charge >= 0.3 is 0 Å². The molecule has 11 heteroatoms. The Balaban J connectivity index is 1.24. The molecule has 2 saturated heterocycles. The molecule has 4 heterocycles. The second-order valence-corrected chi connectivity index (χ2v) is 13.1. The molecule has 1 atom stereocenters. The van der Waals surface area contributed by atoms with E-state index in [1.807, 2.05) is 13.2 Å². The molecule has 198 valence electrons. The number of anilines is 3. The molecular weight excluding hydrogens is 490 g/mol. The lowest BCUT2D eigenvalue weighted by atomic mass is 9.75. The maximum Gasteiger partial charge on any atom is 0.243 e. The van der Waals surface area contributed by atoms with Crippen molar-refractivity contribution in [3.05, 3.63) is 36.0 Å². The molecule has 6 rings (SSSR count). The Morgan fingerprint density at radius 1 is 1.00 bits per heavy atom. The monoisotopic (exact) mass is 525 g/mol. The number of rotatable bonds is 4. The van der Waals surface area contributed by atoms with Gasteiger partial charge in [0.05, 0.1) is 16.9 Å². The van der Waals surface area contributed by atoms with E-state index in [1.54, 1.807) is 28.6 Å². The van der Waals surface area contributed by atoms with Gasteiger partial charge in [0.1, 0.15) is 11.5 Å². The van der Waals surface area contributed by atoms with Crippen LogP contribution in [-0.2, 0) is 21.2 Å². The highest BCUT2D eigenvalue weighted by molar-refractivity contribution is 7.89. The lowest BCUT2D eigenvalue weighted by Crippen LogP contribution is -2.71. The number of carbonyl (C=O) groups is 1. The summed E-state index contributed by atoms with van der Waals surface area (Å²) >= 11 is 0. The average molecular weight is 526 g/mol. The fourth-order valence-corrected chi connectivity index (χ4v) is 8.08. The van der Waals surface area contributed by atoms with Gasteiger partial charge in [-0.3, -0.25) is 4.79 Å². The van der Waals surface area contributed by atoms with Gasteiger partial charge in [-0.25, -0.2) is 13.4 Å². The zero-order chi connectivity index (χ0) is 25.8. The van der Waals surface area contributed by atoms with E-state index in [2.05, 4.69) is 32.3 Å². The van der Waals surface area contributed by atoms with E-state index in [9.17, 15) is 13.2 Å². The van der Waals surface area contributed by atoms with Crippen LogP contribution in [-0.4, -0.2) is 77.9 Å². The minimum atomic E-state index is -3.52. The summed E-state index contributed by atoms with van der Waals surface area (Å²) in [5.41, 5.74) is 1.05. The van der Waals surface area contributed by atoms with Gasteiger partial charge in [-0.1, -0.05) is 19.3 Å². The highest BCUT2D eigenvalue weighted by Gasteiger charge is 2.56. The Hall–Kier alpha value is -2.76. The highest BCUT2D eigenvalue weighted by Crippen LogP contribution is 2.50. The number of piperazine rings is 1. The summed E-state index contributed by atoms with van der Waals surface area (Å²) in [5, 5.41) is 6.48. The molecule has 1 aliphatic carbocycles. The topological polar surface area (TPSA) is 111 Å². The first-order chi connectivity index (χ1) is 17.7. The Labute approximate surface area is 218 Å². The second-order valence-electron chi connectivity index (χ2n) is 11.2. The maximum atomic E-state index is 13.1. The van der Waals surface area contributed by atoms with Crippen molar-refractivity contribution >= 4 is 33.4 Å². The van der Waals surface area contributed by atoms with Crippen LogP contribution in [0, 0.1) is 0 Å². The quantitative estimate of drug-likeness (QED) is 0.626. The van der Waals surface area contributed by atoms with Crippen LogP contribution in [0.3, 0.4) is 0 Å². The van der Waals surface area contributed by atoms with Gasteiger partial charge < -0.3 is 20.4 Å². The van der Waals surface area contributed by atoms with E-state index in [4.69, 9.17) is 4.98 Å². The number of fused-ring (bicyclic) bond motifs is 4. The van der Waals surface area contributed by atoms with Crippen molar-refractivity contribution in [2.24, 2.45) is 0 Å². The third kappa shape index (κ3) is 4.26. The molecule has 1 saturated carbocycles. The molecule has 2 N–H and O–H groups in total. The summed E-state index contributed by atoms with van der Waals surface area (Å²) in [4.78, 5) is 27.0. The molecule has 37 heavy (non-hydrogen) atoms. The largest absolute Gasteiger partial charge is 0.333 e. The molecule has 0 radical (unpaired) electrons. The number of aromatic nitrogens is 2. The van der Waals surface area contributed by atoms with E-state index in [-0.39, 0.29) is 16.3 Å². The van der Waals surface area contributed by atoms with Crippen LogP contribution in [0.1, 0.15) is 51.0 Å². The molecule has 3 aliphatic heterocycles. The van der Waals surface area contributed by atoms with Crippen molar-refractivity contribution in [3.8, 4) is 0 Å². The third-order valence-electron chi connectivity index (χ3n) is 8.45. The van der Waals surface area contributed by atoms with Gasteiger partial charge in [0.15, 0.2) is 0 Å². The number of amides is 1. The molecule has 4 aliphatic rings. The summed E-state index contributed by atoms with van der Waals surface area (Å²) in [7, 11) is -1.51. The van der Waals surface area contributed by atoms with Crippen molar-refractivity contribution in [2.45, 2.75) is 68.0 Å². The van der Waals surface area contributed by atoms with Gasteiger partial charge in [0.25, 0.3) is 0 Å². The highest BCUT2D eigenvalue weighted by atomic mass is 32.2. The lowest BCUT2D eigenvalue weighted by molar-refractivity contribution is -0.127. The Morgan fingerprint density at radius 3 is 2.41 bits per heavy atom. The molecule has 1 aromatic heterocycles. The molecule has 1 amide bonds. The average Bonchev–Trinajstić information content (AvgIpc) is 3.17. The molecule has 1 unspecified atom stereocenters. The number of carbonyl (C=O) groups excluding carboxylic acids is 1. The molecule has 10 nitrogen and oxygen atoms in total. The number of benzene rings is 1. The van der Waals surface area contributed by atoms with E-state index in [0.29, 0.717) is 31.9 Å². The van der Waals surface area contributed by atoms with Crippen LogP contribution in [0.15, 0.2) is 35.4 Å².